The highest BCUT2D eigenvalue weighted by Gasteiger charge is 2.32. The molecule has 0 spiro atoms. The molecule has 0 fully saturated rings. The lowest BCUT2D eigenvalue weighted by Gasteiger charge is -2.28. The normalized spacial score (nSPS) is 14.4. The van der Waals surface area contributed by atoms with Crippen molar-refractivity contribution in [2.24, 2.45) is 44.6 Å². The molecule has 0 aliphatic heterocycles. The molecule has 17 heteroatoms. The first-order valence-corrected chi connectivity index (χ1v) is 12.9. The fourth-order valence-corrected chi connectivity index (χ4v) is 3.44. The number of rotatable bonds is 20. The molecule has 0 heterocycles. The van der Waals surface area contributed by atoms with Crippen LogP contribution in [0, 0.1) is 5.92 Å². The van der Waals surface area contributed by atoms with Gasteiger partial charge in [0, 0.05) is 19.5 Å². The molecule has 40 heavy (non-hydrogen) atoms. The average Bonchev–Trinajstić information content (AvgIpc) is 2.87. The zero-order chi connectivity index (χ0) is 30.8. The molecule has 0 aliphatic rings. The number of carbonyl (C=O) groups is 5. The Morgan fingerprint density at radius 2 is 1.27 bits per heavy atom. The van der Waals surface area contributed by atoms with Crippen LogP contribution in [0.2, 0.25) is 0 Å². The van der Waals surface area contributed by atoms with E-state index >= 15 is 0 Å². The van der Waals surface area contributed by atoms with Gasteiger partial charge in [-0.2, -0.15) is 0 Å². The second kappa shape index (κ2) is 19.0. The Morgan fingerprint density at radius 1 is 0.750 bits per heavy atom. The molecule has 0 bridgehead atoms. The molecule has 17 nitrogen and oxygen atoms in total. The lowest BCUT2D eigenvalue weighted by Crippen LogP contribution is -2.58. The van der Waals surface area contributed by atoms with Gasteiger partial charge in [0.1, 0.15) is 18.1 Å². The second-order valence-corrected chi connectivity index (χ2v) is 9.27. The highest BCUT2D eigenvalue weighted by atomic mass is 16.4. The van der Waals surface area contributed by atoms with Gasteiger partial charge >= 0.3 is 11.9 Å². The molecule has 0 aromatic heterocycles. The van der Waals surface area contributed by atoms with Gasteiger partial charge in [0.25, 0.3) is 0 Å². The molecule has 0 radical (unpaired) electrons. The molecular formula is C23H44N10O7. The van der Waals surface area contributed by atoms with Gasteiger partial charge in [-0.05, 0) is 38.0 Å². The summed E-state index contributed by atoms with van der Waals surface area (Å²) < 4.78 is 0. The molecule has 0 aromatic rings. The Hall–Kier alpha value is -4.15. The summed E-state index contributed by atoms with van der Waals surface area (Å²) in [5.74, 6) is -5.39. The molecule has 0 rings (SSSR count). The van der Waals surface area contributed by atoms with Gasteiger partial charge in [-0.25, -0.2) is 4.79 Å². The van der Waals surface area contributed by atoms with Gasteiger partial charge in [0.05, 0.1) is 6.04 Å². The zero-order valence-corrected chi connectivity index (χ0v) is 23.0. The van der Waals surface area contributed by atoms with Crippen molar-refractivity contribution in [1.29, 1.82) is 0 Å². The van der Waals surface area contributed by atoms with Crippen molar-refractivity contribution < 1.29 is 34.2 Å². The molecule has 0 saturated heterocycles. The van der Waals surface area contributed by atoms with Crippen molar-refractivity contribution in [2.75, 3.05) is 13.1 Å². The number of aliphatic carboxylic acids is 2. The number of nitrogens with zero attached hydrogens (tertiary/aromatic N) is 2. The van der Waals surface area contributed by atoms with Crippen LogP contribution in [0.5, 0.6) is 0 Å². The van der Waals surface area contributed by atoms with E-state index in [0.717, 1.165) is 0 Å². The minimum Gasteiger partial charge on any atom is -0.481 e. The fourth-order valence-electron chi connectivity index (χ4n) is 3.44. The van der Waals surface area contributed by atoms with Crippen molar-refractivity contribution in [3.63, 3.8) is 0 Å². The number of nitrogens with two attached hydrogens (primary N) is 5. The Bertz CT molecular complexity index is 920. The summed E-state index contributed by atoms with van der Waals surface area (Å²) in [5, 5.41) is 25.7. The molecule has 0 aromatic carbocycles. The second-order valence-electron chi connectivity index (χ2n) is 9.27. The van der Waals surface area contributed by atoms with Crippen molar-refractivity contribution in [3.8, 4) is 0 Å². The Morgan fingerprint density at radius 3 is 1.75 bits per heavy atom. The van der Waals surface area contributed by atoms with Crippen LogP contribution in [-0.4, -0.2) is 89.0 Å². The lowest BCUT2D eigenvalue weighted by molar-refractivity contribution is -0.143. The topological polar surface area (TPSA) is 317 Å². The fraction of sp³-hybridized carbons (Fsp3) is 0.696. The summed E-state index contributed by atoms with van der Waals surface area (Å²) in [5.41, 5.74) is 27.1. The van der Waals surface area contributed by atoms with E-state index < -0.39 is 60.2 Å². The number of carbonyl (C=O) groups excluding carboxylic acids is 3. The number of carboxylic acids is 2. The number of aliphatic imine (C=N–C) groups is 2. The summed E-state index contributed by atoms with van der Waals surface area (Å²) in [6.45, 7) is 3.95. The third kappa shape index (κ3) is 15.3. The van der Waals surface area contributed by atoms with E-state index in [1.165, 1.54) is 0 Å². The first-order valence-electron chi connectivity index (χ1n) is 12.9. The summed E-state index contributed by atoms with van der Waals surface area (Å²) in [6, 6.07) is -4.73. The molecule has 5 unspecified atom stereocenters. The highest BCUT2D eigenvalue weighted by molar-refractivity contribution is 5.94. The van der Waals surface area contributed by atoms with Crippen LogP contribution < -0.4 is 44.6 Å². The maximum Gasteiger partial charge on any atom is 0.326 e. The quantitative estimate of drug-likeness (QED) is 0.0393. The standard InChI is InChI=1S/C23H44N10O7/c1-3-12(2)17(33-18(36)13(24)6-4-10-29-22(25)26)20(38)31-14(7-5-11-30-23(27)28)19(37)32-15(21(39)40)8-9-16(34)35/h12-15,17H,3-11,24H2,1-2H3,(H,31,38)(H,32,37)(H,33,36)(H,34,35)(H,39,40)(H4,25,26,29)(H4,27,28,30). The summed E-state index contributed by atoms with van der Waals surface area (Å²) >= 11 is 0. The zero-order valence-electron chi connectivity index (χ0n) is 23.0. The van der Waals surface area contributed by atoms with E-state index in [1.807, 2.05) is 6.92 Å². The molecular weight excluding hydrogens is 528 g/mol. The third-order valence-electron chi connectivity index (χ3n) is 5.94. The number of carboxylic acid groups (broad SMARTS) is 2. The van der Waals surface area contributed by atoms with Crippen molar-refractivity contribution >= 4 is 41.6 Å². The van der Waals surface area contributed by atoms with E-state index in [4.69, 9.17) is 33.8 Å². The Balaban J connectivity index is 5.64. The van der Waals surface area contributed by atoms with E-state index in [-0.39, 0.29) is 56.6 Å². The third-order valence-corrected chi connectivity index (χ3v) is 5.94. The molecule has 5 atom stereocenters. The first-order chi connectivity index (χ1) is 18.7. The van der Waals surface area contributed by atoms with Gasteiger partial charge in [0.15, 0.2) is 11.9 Å². The number of guanidine groups is 2. The van der Waals surface area contributed by atoms with E-state index in [1.54, 1.807) is 6.92 Å². The largest absolute Gasteiger partial charge is 0.481 e. The van der Waals surface area contributed by atoms with Crippen LogP contribution in [0.25, 0.3) is 0 Å². The summed E-state index contributed by atoms with van der Waals surface area (Å²) in [7, 11) is 0. The summed E-state index contributed by atoms with van der Waals surface area (Å²) in [6.07, 6.45) is 0.577. The van der Waals surface area contributed by atoms with Crippen LogP contribution in [-0.2, 0) is 24.0 Å². The minimum absolute atomic E-state index is 0.0189. The molecule has 3 amide bonds. The molecule has 0 saturated carbocycles. The Labute approximate surface area is 232 Å². The van der Waals surface area contributed by atoms with Crippen LogP contribution in [0.15, 0.2) is 9.98 Å². The van der Waals surface area contributed by atoms with E-state index in [0.29, 0.717) is 12.8 Å². The van der Waals surface area contributed by atoms with E-state index in [9.17, 15) is 29.1 Å². The molecule has 228 valence electrons. The average molecular weight is 573 g/mol. The number of hydrogen-bond donors (Lipinski definition) is 10. The smallest absolute Gasteiger partial charge is 0.326 e. The van der Waals surface area contributed by atoms with Gasteiger partial charge < -0.3 is 54.8 Å². The SMILES string of the molecule is CCC(C)C(NC(=O)C(N)CCCN=C(N)N)C(=O)NC(CCCN=C(N)N)C(=O)NC(CCC(=O)O)C(=O)O. The first kappa shape index (κ1) is 35.9. The van der Waals surface area contributed by atoms with Gasteiger partial charge in [-0.3, -0.25) is 29.2 Å². The van der Waals surface area contributed by atoms with Crippen LogP contribution >= 0.6 is 0 Å². The number of nitrogens with one attached hydrogen (secondary N) is 3. The van der Waals surface area contributed by atoms with Crippen LogP contribution in [0.3, 0.4) is 0 Å². The minimum atomic E-state index is -1.50. The van der Waals surface area contributed by atoms with Crippen LogP contribution in [0.4, 0.5) is 0 Å². The monoisotopic (exact) mass is 572 g/mol. The maximum absolute atomic E-state index is 13.3. The maximum atomic E-state index is 13.3. The predicted molar refractivity (Wildman–Crippen MR) is 148 cm³/mol. The van der Waals surface area contributed by atoms with Crippen LogP contribution in [0.1, 0.15) is 58.8 Å². The number of hydrogen-bond acceptors (Lipinski definition) is 8. The van der Waals surface area contributed by atoms with Crippen molar-refractivity contribution in [3.05, 3.63) is 0 Å². The Kier molecular flexibility index (Phi) is 17.0. The van der Waals surface area contributed by atoms with Crippen molar-refractivity contribution in [1.82, 2.24) is 16.0 Å². The molecule has 0 aliphatic carbocycles. The molecule has 15 N–H and O–H groups in total. The van der Waals surface area contributed by atoms with Gasteiger partial charge in [0.2, 0.25) is 17.7 Å². The van der Waals surface area contributed by atoms with Crippen molar-refractivity contribution in [2.45, 2.75) is 83.0 Å². The number of amides is 3. The lowest BCUT2D eigenvalue weighted by atomic mass is 9.96. The van der Waals surface area contributed by atoms with Gasteiger partial charge in [-0.1, -0.05) is 20.3 Å². The predicted octanol–water partition coefficient (Wildman–Crippen LogP) is -3.13. The summed E-state index contributed by atoms with van der Waals surface area (Å²) in [4.78, 5) is 69.1. The highest BCUT2D eigenvalue weighted by Crippen LogP contribution is 2.11. The van der Waals surface area contributed by atoms with E-state index in [2.05, 4.69) is 25.9 Å². The van der Waals surface area contributed by atoms with Gasteiger partial charge in [-0.15, -0.1) is 0 Å².